The van der Waals surface area contributed by atoms with Crippen molar-refractivity contribution in [1.29, 1.82) is 0 Å². The summed E-state index contributed by atoms with van der Waals surface area (Å²) in [5, 5.41) is 11.1. The van der Waals surface area contributed by atoms with Crippen LogP contribution in [0.3, 0.4) is 0 Å². The fourth-order valence-corrected chi connectivity index (χ4v) is 4.43. The van der Waals surface area contributed by atoms with Crippen molar-refractivity contribution in [2.45, 2.75) is 18.2 Å². The average Bonchev–Trinajstić information content (AvgIpc) is 3.17. The Morgan fingerprint density at radius 1 is 1.19 bits per heavy atom. The summed E-state index contributed by atoms with van der Waals surface area (Å²) in [5.41, 5.74) is 1.74. The van der Waals surface area contributed by atoms with E-state index in [1.165, 1.54) is 23.1 Å². The number of aromatic nitrogens is 2. The molecule has 1 N–H and O–H groups in total. The van der Waals surface area contributed by atoms with Crippen molar-refractivity contribution in [2.75, 3.05) is 43.8 Å². The topological polar surface area (TPSA) is 78.4 Å². The largest absolute Gasteiger partial charge is 0.339 e. The number of nitrogens with zero attached hydrogens (tertiary/aromatic N) is 4. The highest BCUT2D eigenvalue weighted by Crippen LogP contribution is 2.24. The number of carbonyl (C=O) groups is 2. The number of carbonyl (C=O) groups excluding carboxylic acids is 2. The Hall–Kier alpha value is -1.97. The fourth-order valence-electron chi connectivity index (χ4n) is 2.78. The van der Waals surface area contributed by atoms with Gasteiger partial charge in [-0.3, -0.25) is 9.59 Å². The average molecular weight is 406 g/mol. The van der Waals surface area contributed by atoms with E-state index in [1.54, 1.807) is 0 Å². The van der Waals surface area contributed by atoms with Crippen molar-refractivity contribution in [3.63, 3.8) is 0 Å². The number of hydrogen-bond donors (Lipinski definition) is 1. The Bertz CT molecular complexity index is 803. The molecule has 0 spiro atoms. The lowest BCUT2D eigenvalue weighted by Gasteiger charge is -2.33. The molecule has 7 nitrogen and oxygen atoms in total. The zero-order chi connectivity index (χ0) is 19.2. The molecule has 144 valence electrons. The number of rotatable bonds is 6. The van der Waals surface area contributed by atoms with Gasteiger partial charge in [-0.05, 0) is 25.1 Å². The normalized spacial score (nSPS) is 15.0. The molecule has 0 saturated carbocycles. The van der Waals surface area contributed by atoms with Crippen LogP contribution in [0.4, 0.5) is 5.69 Å². The second kappa shape index (κ2) is 9.29. The number of nitrogens with one attached hydrogen (secondary N) is 1. The summed E-state index contributed by atoms with van der Waals surface area (Å²) in [7, 11) is 0. The molecule has 2 aromatic rings. The van der Waals surface area contributed by atoms with Crippen LogP contribution < -0.4 is 5.32 Å². The van der Waals surface area contributed by atoms with Gasteiger partial charge in [-0.1, -0.05) is 48.2 Å². The Kier molecular flexibility index (Phi) is 6.81. The van der Waals surface area contributed by atoms with E-state index in [-0.39, 0.29) is 11.8 Å². The molecule has 1 aromatic carbocycles. The van der Waals surface area contributed by atoms with Crippen LogP contribution in [-0.2, 0) is 4.79 Å². The van der Waals surface area contributed by atoms with Crippen molar-refractivity contribution >= 4 is 40.6 Å². The zero-order valence-corrected chi connectivity index (χ0v) is 17.1. The minimum atomic E-state index is -0.282. The van der Waals surface area contributed by atoms with Gasteiger partial charge in [0.05, 0.1) is 5.75 Å². The molecule has 1 aliphatic rings. The molecule has 0 bridgehead atoms. The number of likely N-dealkylation sites (N-methyl/N-ethyl adjacent to an activating group) is 1. The summed E-state index contributed by atoms with van der Waals surface area (Å²) in [6.07, 6.45) is 0. The maximum absolute atomic E-state index is 12.3. The van der Waals surface area contributed by atoms with Crippen LogP contribution in [-0.4, -0.2) is 70.3 Å². The molecular weight excluding hydrogens is 382 g/mol. The van der Waals surface area contributed by atoms with E-state index in [1.807, 2.05) is 36.1 Å². The van der Waals surface area contributed by atoms with E-state index in [9.17, 15) is 9.59 Å². The van der Waals surface area contributed by atoms with Crippen molar-refractivity contribution in [3.05, 3.63) is 34.8 Å². The van der Waals surface area contributed by atoms with Gasteiger partial charge in [0.2, 0.25) is 10.9 Å². The lowest BCUT2D eigenvalue weighted by molar-refractivity contribution is -0.130. The van der Waals surface area contributed by atoms with Gasteiger partial charge in [-0.2, -0.15) is 0 Å². The molecule has 2 heterocycles. The molecule has 9 heteroatoms. The number of thioether (sulfide) groups is 1. The van der Waals surface area contributed by atoms with E-state index in [0.29, 0.717) is 15.1 Å². The molecule has 0 radical (unpaired) electrons. The lowest BCUT2D eigenvalue weighted by atomic mass is 10.2. The van der Waals surface area contributed by atoms with Crippen LogP contribution >= 0.6 is 23.1 Å². The molecule has 0 aliphatic carbocycles. The van der Waals surface area contributed by atoms with Gasteiger partial charge in [0, 0.05) is 31.9 Å². The van der Waals surface area contributed by atoms with E-state index in [4.69, 9.17) is 0 Å². The number of aryl methyl sites for hydroxylation is 1. The van der Waals surface area contributed by atoms with Gasteiger partial charge in [0.25, 0.3) is 5.91 Å². The third kappa shape index (κ3) is 5.27. The Labute approximate surface area is 167 Å². The second-order valence-electron chi connectivity index (χ2n) is 6.25. The molecule has 1 saturated heterocycles. The lowest BCUT2D eigenvalue weighted by Crippen LogP contribution is -2.49. The van der Waals surface area contributed by atoms with Crippen LogP contribution in [0.5, 0.6) is 0 Å². The maximum Gasteiger partial charge on any atom is 0.286 e. The second-order valence-corrected chi connectivity index (χ2v) is 8.45. The summed E-state index contributed by atoms with van der Waals surface area (Å²) in [4.78, 5) is 28.9. The third-order valence-electron chi connectivity index (χ3n) is 4.49. The van der Waals surface area contributed by atoms with E-state index in [2.05, 4.69) is 27.3 Å². The smallest absolute Gasteiger partial charge is 0.286 e. The van der Waals surface area contributed by atoms with E-state index < -0.39 is 0 Å². The molecule has 1 aliphatic heterocycles. The summed E-state index contributed by atoms with van der Waals surface area (Å²) >= 11 is 2.54. The molecule has 27 heavy (non-hydrogen) atoms. The van der Waals surface area contributed by atoms with Gasteiger partial charge in [-0.15, -0.1) is 10.2 Å². The SMILES string of the molecule is CCN1CCN(C(=O)CSc2nnc(C(=O)Nc3ccccc3C)s2)CC1. The quantitative estimate of drug-likeness (QED) is 0.744. The van der Waals surface area contributed by atoms with Gasteiger partial charge >= 0.3 is 0 Å². The summed E-state index contributed by atoms with van der Waals surface area (Å²) in [6.45, 7) is 8.48. The van der Waals surface area contributed by atoms with Crippen molar-refractivity contribution in [1.82, 2.24) is 20.0 Å². The summed E-state index contributed by atoms with van der Waals surface area (Å²) in [6, 6.07) is 7.57. The van der Waals surface area contributed by atoms with Gasteiger partial charge < -0.3 is 15.1 Å². The van der Waals surface area contributed by atoms with Gasteiger partial charge in [0.1, 0.15) is 0 Å². The van der Waals surface area contributed by atoms with E-state index >= 15 is 0 Å². The fraction of sp³-hybridized carbons (Fsp3) is 0.444. The monoisotopic (exact) mass is 405 g/mol. The van der Waals surface area contributed by atoms with Crippen LogP contribution in [0, 0.1) is 6.92 Å². The number of hydrogen-bond acceptors (Lipinski definition) is 7. The Morgan fingerprint density at radius 2 is 1.93 bits per heavy atom. The predicted octanol–water partition coefficient (Wildman–Crippen LogP) is 2.36. The first kappa shape index (κ1) is 19.8. The number of anilines is 1. The minimum absolute atomic E-state index is 0.108. The number of benzene rings is 1. The van der Waals surface area contributed by atoms with Crippen LogP contribution in [0.1, 0.15) is 22.3 Å². The highest BCUT2D eigenvalue weighted by atomic mass is 32.2. The summed E-state index contributed by atoms with van der Waals surface area (Å²) in [5.74, 6) is 0.146. The van der Waals surface area contributed by atoms with Crippen molar-refractivity contribution in [3.8, 4) is 0 Å². The first-order valence-electron chi connectivity index (χ1n) is 8.90. The first-order valence-corrected chi connectivity index (χ1v) is 10.7. The van der Waals surface area contributed by atoms with E-state index in [0.717, 1.165) is 44.0 Å². The number of piperazine rings is 1. The molecular formula is C18H23N5O2S2. The van der Waals surface area contributed by atoms with Crippen molar-refractivity contribution in [2.24, 2.45) is 0 Å². The molecule has 1 fully saturated rings. The Balaban J connectivity index is 1.50. The number of para-hydroxylation sites is 1. The molecule has 0 unspecified atom stereocenters. The van der Waals surface area contributed by atoms with Gasteiger partial charge in [-0.25, -0.2) is 0 Å². The van der Waals surface area contributed by atoms with Gasteiger partial charge in [0.15, 0.2) is 4.34 Å². The first-order chi connectivity index (χ1) is 13.1. The standard InChI is InChI=1S/C18H23N5O2S2/c1-3-22-8-10-23(11-9-22)15(24)12-26-18-21-20-17(27-18)16(25)19-14-7-5-4-6-13(14)2/h4-7H,3,8-12H2,1-2H3,(H,19,25). The van der Waals surface area contributed by atoms with Crippen LogP contribution in [0.25, 0.3) is 0 Å². The minimum Gasteiger partial charge on any atom is -0.339 e. The van der Waals surface area contributed by atoms with Crippen LogP contribution in [0.2, 0.25) is 0 Å². The Morgan fingerprint density at radius 3 is 2.63 bits per heavy atom. The summed E-state index contributed by atoms with van der Waals surface area (Å²) < 4.78 is 0.630. The van der Waals surface area contributed by atoms with Crippen molar-refractivity contribution < 1.29 is 9.59 Å². The molecule has 3 rings (SSSR count). The highest BCUT2D eigenvalue weighted by Gasteiger charge is 2.21. The number of amides is 2. The third-order valence-corrected chi connectivity index (χ3v) is 6.53. The molecule has 1 aromatic heterocycles. The maximum atomic E-state index is 12.3. The predicted molar refractivity (Wildman–Crippen MR) is 108 cm³/mol. The molecule has 2 amide bonds. The highest BCUT2D eigenvalue weighted by molar-refractivity contribution is 8.01. The zero-order valence-electron chi connectivity index (χ0n) is 15.5. The molecule has 0 atom stereocenters. The van der Waals surface area contributed by atoms with Crippen LogP contribution in [0.15, 0.2) is 28.6 Å².